The topological polar surface area (TPSA) is 88.1 Å². The minimum Gasteiger partial charge on any atom is -0.459 e. The summed E-state index contributed by atoms with van der Waals surface area (Å²) in [7, 11) is 1.30. The molecule has 2 aromatic carbocycles. The van der Waals surface area contributed by atoms with Crippen molar-refractivity contribution in [3.8, 4) is 0 Å². The van der Waals surface area contributed by atoms with Gasteiger partial charge in [-0.25, -0.2) is 9.59 Å². The van der Waals surface area contributed by atoms with Crippen molar-refractivity contribution < 1.29 is 33.3 Å². The Morgan fingerprint density at radius 1 is 0.926 bits per heavy atom. The van der Waals surface area contributed by atoms with Crippen LogP contribution in [0.4, 0.5) is 0 Å². The van der Waals surface area contributed by atoms with Gasteiger partial charge in [-0.1, -0.05) is 36.4 Å². The molecule has 1 saturated heterocycles. The third-order valence-corrected chi connectivity index (χ3v) is 3.99. The fraction of sp³-hybridized carbons (Fsp3) is 0.250. The number of ether oxygens (including phenoxy) is 4. The number of carbonyl (C=O) groups is 3. The fourth-order valence-corrected chi connectivity index (χ4v) is 2.62. The molecule has 0 aromatic heterocycles. The Morgan fingerprint density at radius 2 is 1.48 bits per heavy atom. The summed E-state index contributed by atoms with van der Waals surface area (Å²) >= 11 is 0. The van der Waals surface area contributed by atoms with Gasteiger partial charge in [0, 0.05) is 7.11 Å². The predicted octanol–water partition coefficient (Wildman–Crippen LogP) is 2.01. The molecule has 0 amide bonds. The lowest BCUT2D eigenvalue weighted by Crippen LogP contribution is -2.36. The molecule has 0 aliphatic carbocycles. The van der Waals surface area contributed by atoms with Gasteiger partial charge in [0.25, 0.3) is 0 Å². The summed E-state index contributed by atoms with van der Waals surface area (Å²) in [5.41, 5.74) is 0.661. The van der Waals surface area contributed by atoms with E-state index in [1.54, 1.807) is 60.7 Å². The van der Waals surface area contributed by atoms with Crippen LogP contribution in [0.15, 0.2) is 60.7 Å². The molecule has 0 unspecified atom stereocenters. The average molecular weight is 370 g/mol. The van der Waals surface area contributed by atoms with E-state index >= 15 is 0 Å². The number of Topliss-reactive ketones (excluding diaryl/α,β-unsaturated/α-hetero) is 1. The smallest absolute Gasteiger partial charge is 0.338 e. The van der Waals surface area contributed by atoms with Crippen LogP contribution in [-0.4, -0.2) is 49.9 Å². The van der Waals surface area contributed by atoms with Crippen LogP contribution in [-0.2, 0) is 23.7 Å². The highest BCUT2D eigenvalue weighted by Crippen LogP contribution is 2.22. The van der Waals surface area contributed by atoms with Crippen molar-refractivity contribution in [1.29, 1.82) is 0 Å². The first kappa shape index (κ1) is 18.8. The third-order valence-electron chi connectivity index (χ3n) is 3.99. The van der Waals surface area contributed by atoms with Crippen LogP contribution < -0.4 is 0 Å². The van der Waals surface area contributed by atoms with Crippen LogP contribution in [0.25, 0.3) is 0 Å². The van der Waals surface area contributed by atoms with Gasteiger partial charge in [-0.15, -0.1) is 0 Å². The van der Waals surface area contributed by atoms with Gasteiger partial charge in [-0.05, 0) is 24.3 Å². The largest absolute Gasteiger partial charge is 0.459 e. The van der Waals surface area contributed by atoms with Crippen LogP contribution >= 0.6 is 0 Å². The standard InChI is InChI=1S/C20H18O7/c1-24-20-16(21)17(27-19(23)14-10-6-3-7-11-14)15(26-20)12-25-18(22)13-8-4-2-5-9-13/h2-11,15,17,20H,12H2,1H3/t15-,17+,20+/m1/s1. The quantitative estimate of drug-likeness (QED) is 0.719. The lowest BCUT2D eigenvalue weighted by molar-refractivity contribution is -0.152. The van der Waals surface area contributed by atoms with E-state index in [2.05, 4.69) is 0 Å². The predicted molar refractivity (Wildman–Crippen MR) is 93.0 cm³/mol. The van der Waals surface area contributed by atoms with E-state index in [1.165, 1.54) is 7.11 Å². The number of carbonyl (C=O) groups excluding carboxylic acids is 3. The van der Waals surface area contributed by atoms with Crippen molar-refractivity contribution in [1.82, 2.24) is 0 Å². The molecule has 1 fully saturated rings. The van der Waals surface area contributed by atoms with E-state index in [9.17, 15) is 14.4 Å². The van der Waals surface area contributed by atoms with Crippen LogP contribution in [0.5, 0.6) is 0 Å². The highest BCUT2D eigenvalue weighted by Gasteiger charge is 2.47. The molecule has 1 aliphatic rings. The Hall–Kier alpha value is -3.03. The maximum Gasteiger partial charge on any atom is 0.338 e. The van der Waals surface area contributed by atoms with Gasteiger partial charge < -0.3 is 18.9 Å². The number of esters is 2. The third kappa shape index (κ3) is 4.39. The second kappa shape index (κ2) is 8.57. The Balaban J connectivity index is 1.67. The van der Waals surface area contributed by atoms with E-state index < -0.39 is 36.2 Å². The van der Waals surface area contributed by atoms with Crippen LogP contribution in [0.1, 0.15) is 20.7 Å². The number of rotatable bonds is 6. The van der Waals surface area contributed by atoms with Gasteiger partial charge in [-0.2, -0.15) is 0 Å². The summed E-state index contributed by atoms with van der Waals surface area (Å²) in [5, 5.41) is 0. The van der Waals surface area contributed by atoms with Crippen molar-refractivity contribution in [2.45, 2.75) is 18.5 Å². The molecule has 2 aromatic rings. The van der Waals surface area contributed by atoms with Crippen LogP contribution in [0, 0.1) is 0 Å². The molecule has 7 nitrogen and oxygen atoms in total. The molecule has 140 valence electrons. The van der Waals surface area contributed by atoms with E-state index in [4.69, 9.17) is 18.9 Å². The normalized spacial score (nSPS) is 21.7. The zero-order valence-electron chi connectivity index (χ0n) is 14.6. The maximum absolute atomic E-state index is 12.4. The van der Waals surface area contributed by atoms with Gasteiger partial charge in [-0.3, -0.25) is 4.79 Å². The fourth-order valence-electron chi connectivity index (χ4n) is 2.62. The van der Waals surface area contributed by atoms with Gasteiger partial charge in [0.15, 0.2) is 6.10 Å². The first-order valence-corrected chi connectivity index (χ1v) is 8.30. The SMILES string of the molecule is CO[C@H]1O[C@H](COC(=O)c2ccccc2)[C@H](OC(=O)c2ccccc2)C1=O. The average Bonchev–Trinajstić information content (AvgIpc) is 3.02. The number of hydrogen-bond acceptors (Lipinski definition) is 7. The Labute approximate surface area is 155 Å². The zero-order valence-corrected chi connectivity index (χ0v) is 14.6. The number of hydrogen-bond donors (Lipinski definition) is 0. The zero-order chi connectivity index (χ0) is 19.2. The Morgan fingerprint density at radius 3 is 2.04 bits per heavy atom. The van der Waals surface area contributed by atoms with Crippen molar-refractivity contribution in [2.75, 3.05) is 13.7 Å². The second-order valence-corrected chi connectivity index (χ2v) is 5.80. The highest BCUT2D eigenvalue weighted by molar-refractivity contribution is 5.95. The van der Waals surface area contributed by atoms with Gasteiger partial charge >= 0.3 is 11.9 Å². The molecular weight excluding hydrogens is 352 g/mol. The van der Waals surface area contributed by atoms with Crippen molar-refractivity contribution in [3.05, 3.63) is 71.8 Å². The monoisotopic (exact) mass is 370 g/mol. The minimum absolute atomic E-state index is 0.258. The first-order chi connectivity index (χ1) is 13.1. The van der Waals surface area contributed by atoms with Crippen LogP contribution in [0.3, 0.4) is 0 Å². The van der Waals surface area contributed by atoms with Crippen molar-refractivity contribution in [2.24, 2.45) is 0 Å². The molecule has 27 heavy (non-hydrogen) atoms. The Kier molecular flexibility index (Phi) is 5.95. The molecule has 1 heterocycles. The minimum atomic E-state index is -1.23. The molecule has 0 N–H and O–H groups in total. The van der Waals surface area contributed by atoms with E-state index in [0.29, 0.717) is 11.1 Å². The molecule has 1 aliphatic heterocycles. The number of benzene rings is 2. The van der Waals surface area contributed by atoms with E-state index in [1.807, 2.05) is 0 Å². The summed E-state index contributed by atoms with van der Waals surface area (Å²) in [6.07, 6.45) is -3.37. The molecule has 0 spiro atoms. The molecule has 0 bridgehead atoms. The lowest BCUT2D eigenvalue weighted by Gasteiger charge is -2.17. The van der Waals surface area contributed by atoms with E-state index in [-0.39, 0.29) is 6.61 Å². The second-order valence-electron chi connectivity index (χ2n) is 5.80. The molecular formula is C20H18O7. The molecule has 7 heteroatoms. The number of ketones is 1. The molecule has 3 rings (SSSR count). The summed E-state index contributed by atoms with van der Waals surface area (Å²) in [6.45, 7) is -0.258. The maximum atomic E-state index is 12.4. The van der Waals surface area contributed by atoms with Crippen LogP contribution in [0.2, 0.25) is 0 Å². The molecule has 3 atom stereocenters. The summed E-state index contributed by atoms with van der Waals surface area (Å²) in [6, 6.07) is 16.7. The van der Waals surface area contributed by atoms with Crippen molar-refractivity contribution in [3.63, 3.8) is 0 Å². The molecule has 0 radical (unpaired) electrons. The summed E-state index contributed by atoms with van der Waals surface area (Å²) < 4.78 is 20.9. The van der Waals surface area contributed by atoms with Gasteiger partial charge in [0.1, 0.15) is 12.7 Å². The molecule has 0 saturated carbocycles. The van der Waals surface area contributed by atoms with Gasteiger partial charge in [0.2, 0.25) is 12.1 Å². The highest BCUT2D eigenvalue weighted by atomic mass is 16.7. The van der Waals surface area contributed by atoms with Crippen molar-refractivity contribution >= 4 is 17.7 Å². The summed E-state index contributed by atoms with van der Waals surface area (Å²) in [4.78, 5) is 36.7. The first-order valence-electron chi connectivity index (χ1n) is 8.30. The van der Waals surface area contributed by atoms with Gasteiger partial charge in [0.05, 0.1) is 11.1 Å². The summed E-state index contributed by atoms with van der Waals surface area (Å²) in [5.74, 6) is -1.78. The number of methoxy groups -OCH3 is 1. The lowest BCUT2D eigenvalue weighted by atomic mass is 10.1. The van der Waals surface area contributed by atoms with E-state index in [0.717, 1.165) is 0 Å². The Bertz CT molecular complexity index is 804.